The Balaban J connectivity index is 0.00000547. The maximum atomic E-state index is 6.78. The number of ether oxygens (including phenoxy) is 1. The van der Waals surface area contributed by atoms with Gasteiger partial charge in [-0.1, -0.05) is 195 Å². The summed E-state index contributed by atoms with van der Waals surface area (Å²) in [5.41, 5.74) is 16.2. The predicted molar refractivity (Wildman–Crippen MR) is 285 cm³/mol. The first-order valence-corrected chi connectivity index (χ1v) is 24.1. The largest absolute Gasteiger partial charge is 0.510 e. The van der Waals surface area contributed by atoms with Gasteiger partial charge in [0.2, 0.25) is 0 Å². The second-order valence-corrected chi connectivity index (χ2v) is 17.7. The molecule has 0 bridgehead atoms. The normalized spacial score (nSPS) is 11.4. The standard InChI is InChI=1S/C65H48N4O.Pt/c1-3-45(4-2)57-42-64(66-43-59(57)49-27-15-8-16-28-49)69-60-38-35-50(46-21-9-5-10-22-46)39-58(60)56-37-36-53(41-63(56)69)70-52-30-19-29-51(40-52)67-44-68(62-34-18-17-33-61(62)67)65-54(47-23-11-6-12-24-47)31-20-32-55(65)48-25-13-7-14-26-48;/h5-39,42-43,45H,3-4H2,1-2H3;/q-2;. The topological polar surface area (TPSA) is 35.9 Å². The van der Waals surface area contributed by atoms with Gasteiger partial charge in [0.25, 0.3) is 6.33 Å². The van der Waals surface area contributed by atoms with Crippen LogP contribution in [0.1, 0.15) is 38.2 Å². The Hall–Kier alpha value is -8.11. The van der Waals surface area contributed by atoms with Crippen molar-refractivity contribution in [2.75, 3.05) is 0 Å². The van der Waals surface area contributed by atoms with E-state index in [9.17, 15) is 0 Å². The molecule has 3 aromatic heterocycles. The Morgan fingerprint density at radius 2 is 1.10 bits per heavy atom. The molecule has 0 saturated heterocycles. The van der Waals surface area contributed by atoms with Crippen molar-refractivity contribution < 1.29 is 30.4 Å². The third-order valence-electron chi connectivity index (χ3n) is 13.6. The van der Waals surface area contributed by atoms with Gasteiger partial charge in [0.15, 0.2) is 0 Å². The molecular formula is C65H48N4OPt-2. The summed E-state index contributed by atoms with van der Waals surface area (Å²) in [5, 5.41) is 2.19. The Kier molecular flexibility index (Phi) is 12.6. The second-order valence-electron chi connectivity index (χ2n) is 17.7. The smallest absolute Gasteiger partial charge is 0.268 e. The maximum Gasteiger partial charge on any atom is 0.268 e. The number of hydrogen-bond donors (Lipinski definition) is 0. The summed E-state index contributed by atoms with van der Waals surface area (Å²) in [6.07, 6.45) is 7.89. The van der Waals surface area contributed by atoms with Gasteiger partial charge in [-0.3, -0.25) is 4.57 Å². The van der Waals surface area contributed by atoms with Gasteiger partial charge in [0.05, 0.1) is 16.7 Å². The fraction of sp³-hybridized carbons (Fsp3) is 0.0769. The molecule has 0 N–H and O–H groups in total. The predicted octanol–water partition coefficient (Wildman–Crippen LogP) is 16.2. The molecule has 346 valence electrons. The zero-order chi connectivity index (χ0) is 47.0. The molecule has 0 aliphatic heterocycles. The fourth-order valence-electron chi connectivity index (χ4n) is 10.2. The first-order chi connectivity index (χ1) is 34.6. The van der Waals surface area contributed by atoms with Crippen LogP contribution in [0.25, 0.3) is 94.5 Å². The molecule has 0 unspecified atom stereocenters. The number of para-hydroxylation sites is 3. The summed E-state index contributed by atoms with van der Waals surface area (Å²) in [7, 11) is 0. The molecule has 0 aliphatic carbocycles. The Morgan fingerprint density at radius 1 is 0.507 bits per heavy atom. The van der Waals surface area contributed by atoms with E-state index >= 15 is 0 Å². The molecule has 71 heavy (non-hydrogen) atoms. The first kappa shape index (κ1) is 45.3. The molecule has 9 aromatic carbocycles. The molecule has 0 saturated carbocycles. The van der Waals surface area contributed by atoms with Gasteiger partial charge >= 0.3 is 0 Å². The van der Waals surface area contributed by atoms with Crippen molar-refractivity contribution in [3.05, 3.63) is 249 Å². The number of imidazole rings is 1. The summed E-state index contributed by atoms with van der Waals surface area (Å²) < 4.78 is 13.3. The summed E-state index contributed by atoms with van der Waals surface area (Å²) in [5.74, 6) is 2.36. The minimum Gasteiger partial charge on any atom is -0.510 e. The number of pyridine rings is 1. The Labute approximate surface area is 429 Å². The molecule has 0 aliphatic rings. The molecule has 0 fully saturated rings. The first-order valence-electron chi connectivity index (χ1n) is 24.1. The fourth-order valence-corrected chi connectivity index (χ4v) is 10.2. The third kappa shape index (κ3) is 8.47. The summed E-state index contributed by atoms with van der Waals surface area (Å²) >= 11 is 0. The molecule has 6 heteroatoms. The van der Waals surface area contributed by atoms with Crippen LogP contribution in [0.5, 0.6) is 11.5 Å². The van der Waals surface area contributed by atoms with Crippen LogP contribution in [0.4, 0.5) is 0 Å². The minimum absolute atomic E-state index is 0. The molecule has 12 rings (SSSR count). The zero-order valence-electron chi connectivity index (χ0n) is 39.4. The zero-order valence-corrected chi connectivity index (χ0v) is 41.6. The number of fused-ring (bicyclic) bond motifs is 4. The van der Waals surface area contributed by atoms with E-state index in [-0.39, 0.29) is 21.1 Å². The number of hydrogen-bond acceptors (Lipinski definition) is 2. The van der Waals surface area contributed by atoms with E-state index in [1.54, 1.807) is 0 Å². The number of nitrogens with zero attached hydrogens (tertiary/aromatic N) is 4. The van der Waals surface area contributed by atoms with E-state index in [0.717, 1.165) is 90.7 Å². The summed E-state index contributed by atoms with van der Waals surface area (Å²) in [6.45, 7) is 4.55. The quantitative estimate of drug-likeness (QED) is 0.0903. The maximum absolute atomic E-state index is 6.78. The van der Waals surface area contributed by atoms with Crippen molar-refractivity contribution in [1.29, 1.82) is 0 Å². The van der Waals surface area contributed by atoms with Gasteiger partial charge < -0.3 is 13.9 Å². The monoisotopic (exact) mass is 1100 g/mol. The van der Waals surface area contributed by atoms with E-state index in [2.05, 4.69) is 252 Å². The van der Waals surface area contributed by atoms with Crippen LogP contribution < -0.4 is 9.30 Å². The Bertz CT molecular complexity index is 3770. The average Bonchev–Trinajstić information content (AvgIpc) is 3.97. The van der Waals surface area contributed by atoms with Gasteiger partial charge in [0.1, 0.15) is 5.82 Å². The van der Waals surface area contributed by atoms with Gasteiger partial charge in [0, 0.05) is 49.8 Å². The van der Waals surface area contributed by atoms with Crippen molar-refractivity contribution in [3.63, 3.8) is 0 Å². The van der Waals surface area contributed by atoms with Crippen molar-refractivity contribution >= 4 is 32.8 Å². The average molecular weight is 1100 g/mol. The van der Waals surface area contributed by atoms with Crippen LogP contribution in [0.3, 0.4) is 0 Å². The number of aromatic nitrogens is 4. The van der Waals surface area contributed by atoms with Crippen molar-refractivity contribution in [3.8, 4) is 73.2 Å². The van der Waals surface area contributed by atoms with Crippen molar-refractivity contribution in [2.24, 2.45) is 0 Å². The van der Waals surface area contributed by atoms with E-state index in [0.29, 0.717) is 17.4 Å². The molecule has 5 nitrogen and oxygen atoms in total. The number of rotatable bonds is 12. The molecule has 12 aromatic rings. The third-order valence-corrected chi connectivity index (χ3v) is 13.6. The van der Waals surface area contributed by atoms with Gasteiger partial charge in [-0.15, -0.1) is 29.7 Å². The second kappa shape index (κ2) is 19.7. The van der Waals surface area contributed by atoms with Crippen LogP contribution in [-0.4, -0.2) is 14.1 Å². The molecule has 3 heterocycles. The van der Waals surface area contributed by atoms with Crippen LogP contribution in [0.2, 0.25) is 0 Å². The van der Waals surface area contributed by atoms with E-state index < -0.39 is 0 Å². The van der Waals surface area contributed by atoms with Crippen molar-refractivity contribution in [2.45, 2.75) is 32.6 Å². The molecule has 0 radical (unpaired) electrons. The SMILES string of the molecule is CCC(CC)c1cc(-n2c3[c-]c(Oc4[c-]c(-n5[c-][n+](-c6c(-c7ccccc7)cccc6-c6ccccc6)c6ccccc65)ccc4)ccc3c3cc(-c4ccccc4)ccc32)ncc1-c1ccccc1.[Pt]. The molecule has 0 spiro atoms. The van der Waals surface area contributed by atoms with Crippen LogP contribution in [0.15, 0.2) is 225 Å². The molecular weight excluding hydrogens is 1050 g/mol. The minimum atomic E-state index is 0. The van der Waals surface area contributed by atoms with Crippen LogP contribution in [-0.2, 0) is 21.1 Å². The van der Waals surface area contributed by atoms with E-state index in [1.807, 2.05) is 18.2 Å². The van der Waals surface area contributed by atoms with Gasteiger partial charge in [-0.05, 0) is 86.5 Å². The van der Waals surface area contributed by atoms with E-state index in [1.165, 1.54) is 22.3 Å². The van der Waals surface area contributed by atoms with Gasteiger partial charge in [-0.2, -0.15) is 18.2 Å². The summed E-state index contributed by atoms with van der Waals surface area (Å²) in [6, 6.07) is 83.9. The van der Waals surface area contributed by atoms with Crippen molar-refractivity contribution in [1.82, 2.24) is 14.1 Å². The number of benzene rings is 9. The van der Waals surface area contributed by atoms with E-state index in [4.69, 9.17) is 9.72 Å². The Morgan fingerprint density at radius 3 is 1.76 bits per heavy atom. The summed E-state index contributed by atoms with van der Waals surface area (Å²) in [4.78, 5) is 5.23. The van der Waals surface area contributed by atoms with Gasteiger partial charge in [-0.25, -0.2) is 4.98 Å². The van der Waals surface area contributed by atoms with Crippen LogP contribution in [0, 0.1) is 18.5 Å². The molecule has 0 amide bonds. The van der Waals surface area contributed by atoms with Crippen LogP contribution >= 0.6 is 0 Å². The molecule has 0 atom stereocenters.